The first kappa shape index (κ1) is 26.9. The van der Waals surface area contributed by atoms with E-state index < -0.39 is 5.82 Å². The summed E-state index contributed by atoms with van der Waals surface area (Å²) in [5.41, 5.74) is 1.65. The van der Waals surface area contributed by atoms with Crippen LogP contribution in [0.4, 0.5) is 10.2 Å². The first-order chi connectivity index (χ1) is 18.9. The van der Waals surface area contributed by atoms with Gasteiger partial charge in [-0.3, -0.25) is 4.79 Å². The van der Waals surface area contributed by atoms with E-state index in [1.165, 1.54) is 6.07 Å². The van der Waals surface area contributed by atoms with Crippen molar-refractivity contribution in [2.75, 3.05) is 31.1 Å². The van der Waals surface area contributed by atoms with Crippen LogP contribution in [0.3, 0.4) is 0 Å². The lowest BCUT2D eigenvalue weighted by molar-refractivity contribution is -0.138. The van der Waals surface area contributed by atoms with Crippen molar-refractivity contribution in [3.63, 3.8) is 0 Å². The topological polar surface area (TPSA) is 82.4 Å². The number of amides is 1. The van der Waals surface area contributed by atoms with Gasteiger partial charge in [0.25, 0.3) is 0 Å². The third-order valence-electron chi connectivity index (χ3n) is 7.93. The van der Waals surface area contributed by atoms with E-state index in [2.05, 4.69) is 20.9 Å². The minimum absolute atomic E-state index is 0.0286. The highest BCUT2D eigenvalue weighted by Gasteiger charge is 2.39. The Morgan fingerprint density at radius 2 is 1.82 bits per heavy atom. The van der Waals surface area contributed by atoms with Crippen molar-refractivity contribution in [3.8, 4) is 11.9 Å². The first-order valence-corrected chi connectivity index (χ1v) is 13.7. The van der Waals surface area contributed by atoms with Gasteiger partial charge in [-0.15, -0.1) is 0 Å². The van der Waals surface area contributed by atoms with Crippen LogP contribution in [0.15, 0.2) is 60.9 Å². The van der Waals surface area contributed by atoms with Crippen LogP contribution >= 0.6 is 11.6 Å². The molecular weight excluding hydrogens is 517 g/mol. The van der Waals surface area contributed by atoms with Crippen LogP contribution in [0.1, 0.15) is 43.2 Å². The van der Waals surface area contributed by atoms with Crippen molar-refractivity contribution < 1.29 is 13.9 Å². The number of hydrogen-bond donors (Lipinski definition) is 0. The number of anilines is 1. The summed E-state index contributed by atoms with van der Waals surface area (Å²) in [6.45, 7) is 4.79. The lowest BCUT2D eigenvalue weighted by atomic mass is 9.77. The number of nitrogens with zero attached hydrogens (tertiary/aromatic N) is 5. The Balaban J connectivity index is 1.25. The van der Waals surface area contributed by atoms with Crippen molar-refractivity contribution in [2.45, 2.75) is 38.2 Å². The number of aromatic nitrogens is 2. The first-order valence-electron chi connectivity index (χ1n) is 13.3. The number of ether oxygens (including phenoxy) is 1. The lowest BCUT2D eigenvalue weighted by Gasteiger charge is -2.43. The molecule has 2 aliphatic heterocycles. The molecule has 39 heavy (non-hydrogen) atoms. The van der Waals surface area contributed by atoms with E-state index in [9.17, 15) is 9.18 Å². The third-order valence-corrected chi connectivity index (χ3v) is 8.18. The maximum Gasteiger partial charge on any atom is 0.225 e. The molecule has 0 N–H and O–H groups in total. The summed E-state index contributed by atoms with van der Waals surface area (Å²) in [7, 11) is 0. The number of carbonyl (C=O) groups excluding carboxylic acids is 1. The Morgan fingerprint density at radius 1 is 1.05 bits per heavy atom. The molecule has 3 aromatic rings. The molecule has 202 valence electrons. The highest BCUT2D eigenvalue weighted by molar-refractivity contribution is 6.30. The molecule has 3 unspecified atom stereocenters. The van der Waals surface area contributed by atoms with Gasteiger partial charge in [0.05, 0.1) is 11.8 Å². The molecule has 4 heterocycles. The smallest absolute Gasteiger partial charge is 0.225 e. The average Bonchev–Trinajstić information content (AvgIpc) is 2.98. The van der Waals surface area contributed by atoms with Crippen LogP contribution in [0.2, 0.25) is 5.02 Å². The summed E-state index contributed by atoms with van der Waals surface area (Å²) < 4.78 is 19.4. The third kappa shape index (κ3) is 6.31. The summed E-state index contributed by atoms with van der Waals surface area (Å²) >= 11 is 6.17. The van der Waals surface area contributed by atoms with Gasteiger partial charge in [-0.05, 0) is 62.1 Å². The second kappa shape index (κ2) is 12.0. The Labute approximate surface area is 233 Å². The van der Waals surface area contributed by atoms with E-state index in [0.717, 1.165) is 49.9 Å². The van der Waals surface area contributed by atoms with Gasteiger partial charge >= 0.3 is 0 Å². The van der Waals surface area contributed by atoms with Crippen LogP contribution in [0.25, 0.3) is 0 Å². The van der Waals surface area contributed by atoms with Crippen molar-refractivity contribution in [3.05, 3.63) is 82.9 Å². The Morgan fingerprint density at radius 3 is 2.46 bits per heavy atom. The molecule has 5 rings (SSSR count). The fourth-order valence-electron chi connectivity index (χ4n) is 5.76. The van der Waals surface area contributed by atoms with E-state index in [-0.39, 0.29) is 29.8 Å². The molecule has 2 aromatic heterocycles. The predicted molar refractivity (Wildman–Crippen MR) is 147 cm³/mol. The molecule has 0 bridgehead atoms. The fourth-order valence-corrected chi connectivity index (χ4v) is 5.88. The number of rotatable bonds is 6. The van der Waals surface area contributed by atoms with Gasteiger partial charge in [0.2, 0.25) is 11.8 Å². The van der Waals surface area contributed by atoms with E-state index in [1.54, 1.807) is 18.3 Å². The number of nitriles is 1. The normalized spacial score (nSPS) is 20.8. The molecule has 9 heteroatoms. The number of pyridine rings is 2. The predicted octanol–water partition coefficient (Wildman–Crippen LogP) is 5.46. The van der Waals surface area contributed by atoms with Crippen molar-refractivity contribution >= 4 is 23.3 Å². The van der Waals surface area contributed by atoms with Crippen molar-refractivity contribution in [2.24, 2.45) is 11.8 Å². The van der Waals surface area contributed by atoms with E-state index in [0.29, 0.717) is 29.6 Å². The number of benzene rings is 1. The van der Waals surface area contributed by atoms with Gasteiger partial charge in [0.1, 0.15) is 23.8 Å². The number of halogens is 2. The SMILES string of the molecule is CC(Oc1ccc(F)cn1)C1CCN(C(=O)C2CCN(c3ccc(C#N)cn3)CC2)CC1c1ccc(Cl)cc1. The van der Waals surface area contributed by atoms with Crippen LogP contribution < -0.4 is 9.64 Å². The zero-order chi connectivity index (χ0) is 27.4. The standard InChI is InChI=1S/C30H31ClFN5O2/c1-20(39-29-9-7-25(32)18-35-29)26-12-15-37(19-27(26)22-3-5-24(31)6-4-22)30(38)23-10-13-36(14-11-23)28-8-2-21(16-33)17-34-28/h2-9,17-18,20,23,26-27H,10-15,19H2,1H3. The van der Waals surface area contributed by atoms with Crippen LogP contribution in [0.5, 0.6) is 5.88 Å². The zero-order valence-electron chi connectivity index (χ0n) is 21.8. The maximum atomic E-state index is 13.7. The molecule has 0 aliphatic carbocycles. The second-order valence-corrected chi connectivity index (χ2v) is 10.7. The number of piperidine rings is 2. The molecule has 1 aromatic carbocycles. The largest absolute Gasteiger partial charge is 0.474 e. The van der Waals surface area contributed by atoms with E-state index in [4.69, 9.17) is 21.6 Å². The van der Waals surface area contributed by atoms with Crippen molar-refractivity contribution in [1.82, 2.24) is 14.9 Å². The summed E-state index contributed by atoms with van der Waals surface area (Å²) in [4.78, 5) is 26.3. The molecule has 2 aliphatic rings. The molecule has 0 radical (unpaired) electrons. The van der Waals surface area contributed by atoms with Gasteiger partial charge in [-0.25, -0.2) is 14.4 Å². The highest BCUT2D eigenvalue weighted by Crippen LogP contribution is 2.37. The fraction of sp³-hybridized carbons (Fsp3) is 0.400. The minimum atomic E-state index is -0.403. The molecule has 2 saturated heterocycles. The average molecular weight is 548 g/mol. The Kier molecular flexibility index (Phi) is 8.27. The molecule has 3 atom stereocenters. The van der Waals surface area contributed by atoms with Crippen molar-refractivity contribution in [1.29, 1.82) is 5.26 Å². The molecule has 0 saturated carbocycles. The van der Waals surface area contributed by atoms with E-state index >= 15 is 0 Å². The highest BCUT2D eigenvalue weighted by atomic mass is 35.5. The minimum Gasteiger partial charge on any atom is -0.474 e. The molecule has 0 spiro atoms. The summed E-state index contributed by atoms with van der Waals surface area (Å²) in [6, 6.07) is 16.4. The molecule has 2 fully saturated rings. The quantitative estimate of drug-likeness (QED) is 0.408. The molecule has 1 amide bonds. The summed E-state index contributed by atoms with van der Waals surface area (Å²) in [5, 5.41) is 9.68. The molecule has 7 nitrogen and oxygen atoms in total. The van der Waals surface area contributed by atoms with Gasteiger partial charge in [0.15, 0.2) is 0 Å². The van der Waals surface area contributed by atoms with Crippen LogP contribution in [0, 0.1) is 29.0 Å². The summed E-state index contributed by atoms with van der Waals surface area (Å²) in [5.74, 6) is 1.21. The van der Waals surface area contributed by atoms with Gasteiger partial charge in [0, 0.05) is 61.2 Å². The molecular formula is C30H31ClFN5O2. The second-order valence-electron chi connectivity index (χ2n) is 10.3. The Bertz CT molecular complexity index is 1310. The maximum absolute atomic E-state index is 13.7. The van der Waals surface area contributed by atoms with Gasteiger partial charge in [-0.2, -0.15) is 5.26 Å². The van der Waals surface area contributed by atoms with Gasteiger partial charge < -0.3 is 14.5 Å². The monoisotopic (exact) mass is 547 g/mol. The number of carbonyl (C=O) groups is 1. The van der Waals surface area contributed by atoms with Crippen LogP contribution in [-0.2, 0) is 4.79 Å². The summed E-state index contributed by atoms with van der Waals surface area (Å²) in [6.07, 6.45) is 4.88. The number of hydrogen-bond acceptors (Lipinski definition) is 6. The van der Waals surface area contributed by atoms with Gasteiger partial charge in [-0.1, -0.05) is 23.7 Å². The Hall–Kier alpha value is -3.70. The van der Waals surface area contributed by atoms with Crippen LogP contribution in [-0.4, -0.2) is 53.1 Å². The lowest BCUT2D eigenvalue weighted by Crippen LogP contribution is -2.49. The number of likely N-dealkylation sites (tertiary alicyclic amines) is 1. The van der Waals surface area contributed by atoms with E-state index in [1.807, 2.05) is 42.2 Å². The zero-order valence-corrected chi connectivity index (χ0v) is 22.6.